The predicted octanol–water partition coefficient (Wildman–Crippen LogP) is 2.55. The highest BCUT2D eigenvalue weighted by atomic mass is 16.3. The van der Waals surface area contributed by atoms with E-state index < -0.39 is 0 Å². The summed E-state index contributed by atoms with van der Waals surface area (Å²) in [5.41, 5.74) is 1.85. The number of fused-ring (bicyclic) bond motifs is 1. The zero-order chi connectivity index (χ0) is 19.3. The third-order valence-electron chi connectivity index (χ3n) is 4.17. The van der Waals surface area contributed by atoms with Crippen molar-refractivity contribution in [1.29, 1.82) is 0 Å². The molecular weight excluding hydrogens is 358 g/mol. The first-order chi connectivity index (χ1) is 13.7. The molecule has 0 spiro atoms. The van der Waals surface area contributed by atoms with E-state index in [4.69, 9.17) is 4.42 Å². The van der Waals surface area contributed by atoms with Gasteiger partial charge in [-0.2, -0.15) is 0 Å². The summed E-state index contributed by atoms with van der Waals surface area (Å²) < 4.78 is 6.94. The van der Waals surface area contributed by atoms with Gasteiger partial charge in [0.2, 0.25) is 0 Å². The summed E-state index contributed by atoms with van der Waals surface area (Å²) in [4.78, 5) is 24.2. The zero-order valence-electron chi connectivity index (χ0n) is 14.8. The first-order valence-corrected chi connectivity index (χ1v) is 8.72. The molecular formula is C20H17N5O3. The molecule has 0 fully saturated rings. The molecule has 4 rings (SSSR count). The van der Waals surface area contributed by atoms with E-state index in [0.29, 0.717) is 24.2 Å². The first-order valence-electron chi connectivity index (χ1n) is 8.72. The predicted molar refractivity (Wildman–Crippen MR) is 102 cm³/mol. The number of rotatable bonds is 6. The third-order valence-corrected chi connectivity index (χ3v) is 4.17. The minimum absolute atomic E-state index is 0.197. The molecule has 28 heavy (non-hydrogen) atoms. The molecule has 0 saturated heterocycles. The molecule has 2 N–H and O–H groups in total. The summed E-state index contributed by atoms with van der Waals surface area (Å²) in [5, 5.41) is 13.8. The molecule has 0 bridgehead atoms. The van der Waals surface area contributed by atoms with Gasteiger partial charge in [0.25, 0.3) is 11.8 Å². The van der Waals surface area contributed by atoms with E-state index in [1.165, 1.54) is 6.26 Å². The SMILES string of the molecule is O=C(NCCc1nnc2ccccn12)c1ccc(NC(=O)c2ccco2)cc1. The van der Waals surface area contributed by atoms with E-state index in [2.05, 4.69) is 20.8 Å². The Hall–Kier alpha value is -3.94. The topological polar surface area (TPSA) is 102 Å². The smallest absolute Gasteiger partial charge is 0.291 e. The molecule has 4 aromatic rings. The number of carbonyl (C=O) groups is 2. The van der Waals surface area contributed by atoms with Crippen molar-refractivity contribution < 1.29 is 14.0 Å². The van der Waals surface area contributed by atoms with Crippen LogP contribution in [0.2, 0.25) is 0 Å². The lowest BCUT2D eigenvalue weighted by atomic mass is 10.2. The Balaban J connectivity index is 1.31. The minimum atomic E-state index is -0.345. The highest BCUT2D eigenvalue weighted by Gasteiger charge is 2.10. The Morgan fingerprint density at radius 3 is 2.61 bits per heavy atom. The normalized spacial score (nSPS) is 10.7. The van der Waals surface area contributed by atoms with Crippen molar-refractivity contribution in [2.45, 2.75) is 6.42 Å². The number of hydrogen-bond donors (Lipinski definition) is 2. The van der Waals surface area contributed by atoms with E-state index in [0.717, 1.165) is 11.5 Å². The standard InChI is InChI=1S/C20H17N5O3/c26-19(21-11-10-18-24-23-17-5-1-2-12-25(17)18)14-6-8-15(9-7-14)22-20(27)16-4-3-13-28-16/h1-9,12-13H,10-11H2,(H,21,26)(H,22,27). The third kappa shape index (κ3) is 3.75. The number of nitrogens with zero attached hydrogens (tertiary/aromatic N) is 3. The second-order valence-electron chi connectivity index (χ2n) is 6.06. The molecule has 1 aromatic carbocycles. The Kier molecular flexibility index (Phi) is 4.83. The molecule has 0 aliphatic rings. The molecule has 0 unspecified atom stereocenters. The van der Waals surface area contributed by atoms with Gasteiger partial charge in [0.15, 0.2) is 11.4 Å². The quantitative estimate of drug-likeness (QED) is 0.539. The molecule has 0 atom stereocenters. The number of hydrogen-bond acceptors (Lipinski definition) is 5. The molecule has 0 aliphatic heterocycles. The molecule has 0 aliphatic carbocycles. The van der Waals surface area contributed by atoms with Crippen LogP contribution in [0.3, 0.4) is 0 Å². The maximum absolute atomic E-state index is 12.3. The number of anilines is 1. The fraction of sp³-hybridized carbons (Fsp3) is 0.100. The Labute approximate surface area is 160 Å². The monoisotopic (exact) mass is 375 g/mol. The van der Waals surface area contributed by atoms with Gasteiger partial charge in [0.1, 0.15) is 5.82 Å². The van der Waals surface area contributed by atoms with E-state index >= 15 is 0 Å². The van der Waals surface area contributed by atoms with Crippen molar-refractivity contribution in [1.82, 2.24) is 19.9 Å². The highest BCUT2D eigenvalue weighted by Crippen LogP contribution is 2.12. The highest BCUT2D eigenvalue weighted by molar-refractivity contribution is 6.02. The average Bonchev–Trinajstić information content (AvgIpc) is 3.39. The van der Waals surface area contributed by atoms with E-state index in [9.17, 15) is 9.59 Å². The Morgan fingerprint density at radius 1 is 0.964 bits per heavy atom. The summed E-state index contributed by atoms with van der Waals surface area (Å²) >= 11 is 0. The molecule has 0 radical (unpaired) electrons. The summed E-state index contributed by atoms with van der Waals surface area (Å²) in [5.74, 6) is 0.468. The zero-order valence-corrected chi connectivity index (χ0v) is 14.8. The van der Waals surface area contributed by atoms with Crippen molar-refractivity contribution in [2.24, 2.45) is 0 Å². The summed E-state index contributed by atoms with van der Waals surface area (Å²) in [7, 11) is 0. The molecule has 2 amide bonds. The van der Waals surface area contributed by atoms with E-state index in [1.54, 1.807) is 36.4 Å². The van der Waals surface area contributed by atoms with Crippen LogP contribution in [0.4, 0.5) is 5.69 Å². The van der Waals surface area contributed by atoms with Crippen LogP contribution in [0.15, 0.2) is 71.5 Å². The van der Waals surface area contributed by atoms with Gasteiger partial charge in [-0.05, 0) is 48.5 Å². The van der Waals surface area contributed by atoms with Crippen LogP contribution in [-0.4, -0.2) is 33.0 Å². The largest absolute Gasteiger partial charge is 0.459 e. The number of pyridine rings is 1. The van der Waals surface area contributed by atoms with Gasteiger partial charge in [0.05, 0.1) is 6.26 Å². The number of benzene rings is 1. The van der Waals surface area contributed by atoms with E-state index in [1.807, 2.05) is 28.8 Å². The molecule has 8 nitrogen and oxygen atoms in total. The summed E-state index contributed by atoms with van der Waals surface area (Å²) in [6.45, 7) is 0.436. The van der Waals surface area contributed by atoms with Gasteiger partial charge in [0, 0.05) is 30.4 Å². The van der Waals surface area contributed by atoms with Gasteiger partial charge in [-0.1, -0.05) is 6.07 Å². The van der Waals surface area contributed by atoms with Crippen molar-refractivity contribution in [3.05, 3.63) is 84.2 Å². The maximum Gasteiger partial charge on any atom is 0.291 e. The van der Waals surface area contributed by atoms with Gasteiger partial charge in [-0.25, -0.2) is 0 Å². The number of aromatic nitrogens is 3. The number of nitrogens with one attached hydrogen (secondary N) is 2. The van der Waals surface area contributed by atoms with Crippen LogP contribution >= 0.6 is 0 Å². The minimum Gasteiger partial charge on any atom is -0.459 e. The van der Waals surface area contributed by atoms with Gasteiger partial charge < -0.3 is 15.1 Å². The van der Waals surface area contributed by atoms with Gasteiger partial charge >= 0.3 is 0 Å². The van der Waals surface area contributed by atoms with Crippen molar-refractivity contribution >= 4 is 23.1 Å². The fourth-order valence-electron chi connectivity index (χ4n) is 2.76. The lowest BCUT2D eigenvalue weighted by molar-refractivity contribution is 0.0953. The molecule has 0 saturated carbocycles. The Morgan fingerprint density at radius 2 is 1.82 bits per heavy atom. The van der Waals surface area contributed by atoms with Crippen LogP contribution < -0.4 is 10.6 Å². The van der Waals surface area contributed by atoms with E-state index in [-0.39, 0.29) is 17.6 Å². The maximum atomic E-state index is 12.3. The Bertz CT molecular complexity index is 1100. The number of amides is 2. The number of carbonyl (C=O) groups excluding carboxylic acids is 2. The molecule has 8 heteroatoms. The van der Waals surface area contributed by atoms with Crippen LogP contribution in [0.5, 0.6) is 0 Å². The van der Waals surface area contributed by atoms with Crippen LogP contribution in [-0.2, 0) is 6.42 Å². The average molecular weight is 375 g/mol. The summed E-state index contributed by atoms with van der Waals surface area (Å²) in [6, 6.07) is 15.5. The van der Waals surface area contributed by atoms with Crippen molar-refractivity contribution in [3.63, 3.8) is 0 Å². The molecule has 140 valence electrons. The second kappa shape index (κ2) is 7.75. The summed E-state index contributed by atoms with van der Waals surface area (Å²) in [6.07, 6.45) is 3.89. The lowest BCUT2D eigenvalue weighted by Gasteiger charge is -2.07. The van der Waals surface area contributed by atoms with Gasteiger partial charge in [-0.3, -0.25) is 14.0 Å². The number of furan rings is 1. The fourth-order valence-corrected chi connectivity index (χ4v) is 2.76. The van der Waals surface area contributed by atoms with Crippen LogP contribution in [0, 0.1) is 0 Å². The lowest BCUT2D eigenvalue weighted by Crippen LogP contribution is -2.26. The van der Waals surface area contributed by atoms with Crippen LogP contribution in [0.1, 0.15) is 26.7 Å². The van der Waals surface area contributed by atoms with Crippen LogP contribution in [0.25, 0.3) is 5.65 Å². The van der Waals surface area contributed by atoms with Crippen molar-refractivity contribution in [3.8, 4) is 0 Å². The van der Waals surface area contributed by atoms with Crippen molar-refractivity contribution in [2.75, 3.05) is 11.9 Å². The molecule has 3 heterocycles. The molecule has 3 aromatic heterocycles. The first kappa shape index (κ1) is 17.5. The van der Waals surface area contributed by atoms with Gasteiger partial charge in [-0.15, -0.1) is 10.2 Å². The second-order valence-corrected chi connectivity index (χ2v) is 6.06.